The van der Waals surface area contributed by atoms with Crippen molar-refractivity contribution in [2.45, 2.75) is 25.9 Å². The molecule has 0 bridgehead atoms. The lowest BCUT2D eigenvalue weighted by molar-refractivity contribution is 0.0363. The number of hydrogen-bond donors (Lipinski definition) is 1. The highest BCUT2D eigenvalue weighted by atomic mass is 16.5. The van der Waals surface area contributed by atoms with E-state index in [1.165, 1.54) is 38.2 Å². The molecule has 1 N–H and O–H groups in total. The van der Waals surface area contributed by atoms with Crippen LogP contribution in [0.4, 0.5) is 0 Å². The fourth-order valence-corrected chi connectivity index (χ4v) is 3.36. The molecule has 0 aliphatic carbocycles. The largest absolute Gasteiger partial charge is 0.379 e. The van der Waals surface area contributed by atoms with E-state index in [1.807, 2.05) is 0 Å². The zero-order valence-electron chi connectivity index (χ0n) is 13.7. The molecule has 124 valence electrons. The molecule has 0 amide bonds. The fraction of sp³-hybridized carbons (Fsp3) is 0.765. The van der Waals surface area contributed by atoms with Crippen molar-refractivity contribution >= 4 is 0 Å². The van der Waals surface area contributed by atoms with E-state index in [2.05, 4.69) is 38.0 Å². The summed E-state index contributed by atoms with van der Waals surface area (Å²) in [7, 11) is 0. The molecule has 2 saturated heterocycles. The second kappa shape index (κ2) is 8.67. The predicted molar refractivity (Wildman–Crippen MR) is 89.1 cm³/mol. The minimum Gasteiger partial charge on any atom is -0.379 e. The van der Waals surface area contributed by atoms with Gasteiger partial charge < -0.3 is 19.5 Å². The smallest absolute Gasteiger partial charge is 0.0594 e. The van der Waals surface area contributed by atoms with Crippen molar-refractivity contribution in [1.29, 1.82) is 0 Å². The molecule has 2 fully saturated rings. The van der Waals surface area contributed by atoms with E-state index in [9.17, 15) is 0 Å². The van der Waals surface area contributed by atoms with Gasteiger partial charge in [0.25, 0.3) is 0 Å². The lowest BCUT2D eigenvalue weighted by Gasteiger charge is -2.27. The normalized spacial score (nSPS) is 20.7. The molecule has 0 aromatic carbocycles. The molecule has 5 nitrogen and oxygen atoms in total. The van der Waals surface area contributed by atoms with Crippen molar-refractivity contribution in [3.63, 3.8) is 0 Å². The van der Waals surface area contributed by atoms with Crippen LogP contribution in [0.1, 0.15) is 18.5 Å². The molecule has 0 radical (unpaired) electrons. The number of likely N-dealkylation sites (tertiary alicyclic amines) is 1. The van der Waals surface area contributed by atoms with E-state index in [0.29, 0.717) is 0 Å². The Hall–Kier alpha value is -0.880. The Morgan fingerprint density at radius 1 is 0.955 bits per heavy atom. The van der Waals surface area contributed by atoms with Gasteiger partial charge in [0, 0.05) is 57.7 Å². The first kappa shape index (κ1) is 16.0. The quantitative estimate of drug-likeness (QED) is 0.727. The summed E-state index contributed by atoms with van der Waals surface area (Å²) in [5.74, 6) is 0. The summed E-state index contributed by atoms with van der Waals surface area (Å²) < 4.78 is 7.79. The molecular weight excluding hydrogens is 276 g/mol. The average Bonchev–Trinajstić information content (AvgIpc) is 3.22. The third-order valence-electron chi connectivity index (χ3n) is 4.79. The summed E-state index contributed by atoms with van der Waals surface area (Å²) in [5, 5.41) is 3.60. The lowest BCUT2D eigenvalue weighted by atomic mass is 10.4. The molecule has 2 aliphatic heterocycles. The van der Waals surface area contributed by atoms with Gasteiger partial charge in [-0.05, 0) is 38.1 Å². The number of rotatable bonds is 8. The van der Waals surface area contributed by atoms with Gasteiger partial charge in [0.05, 0.1) is 13.2 Å². The van der Waals surface area contributed by atoms with Crippen molar-refractivity contribution in [1.82, 2.24) is 19.7 Å². The number of aromatic nitrogens is 1. The maximum atomic E-state index is 5.41. The number of ether oxygens (including phenoxy) is 1. The Kier molecular flexibility index (Phi) is 6.31. The number of nitrogens with zero attached hydrogens (tertiary/aromatic N) is 3. The molecule has 0 spiro atoms. The summed E-state index contributed by atoms with van der Waals surface area (Å²) in [4.78, 5) is 5.05. The zero-order chi connectivity index (χ0) is 15.0. The second-order valence-electron chi connectivity index (χ2n) is 6.37. The van der Waals surface area contributed by atoms with E-state index in [4.69, 9.17) is 4.74 Å². The topological polar surface area (TPSA) is 32.7 Å². The number of morpholine rings is 1. The van der Waals surface area contributed by atoms with Crippen molar-refractivity contribution in [2.24, 2.45) is 0 Å². The molecule has 5 heteroatoms. The van der Waals surface area contributed by atoms with E-state index >= 15 is 0 Å². The van der Waals surface area contributed by atoms with Gasteiger partial charge >= 0.3 is 0 Å². The van der Waals surface area contributed by atoms with Gasteiger partial charge in [-0.15, -0.1) is 0 Å². The van der Waals surface area contributed by atoms with Crippen LogP contribution >= 0.6 is 0 Å². The van der Waals surface area contributed by atoms with Gasteiger partial charge in [-0.2, -0.15) is 0 Å². The average molecular weight is 306 g/mol. The molecular formula is C17H30N4O. The summed E-state index contributed by atoms with van der Waals surface area (Å²) >= 11 is 0. The van der Waals surface area contributed by atoms with Gasteiger partial charge in [0.2, 0.25) is 0 Å². The standard InChI is InChI=1S/C17H30N4O/c1-2-7-19(6-1)9-5-18-16-17-4-3-8-21(17)11-10-20-12-14-22-15-13-20/h3-4,8,18H,1-2,5-7,9-16H2. The van der Waals surface area contributed by atoms with Crippen LogP contribution < -0.4 is 5.32 Å². The van der Waals surface area contributed by atoms with Crippen molar-refractivity contribution in [3.8, 4) is 0 Å². The summed E-state index contributed by atoms with van der Waals surface area (Å²) in [6.07, 6.45) is 4.96. The highest BCUT2D eigenvalue weighted by molar-refractivity contribution is 5.07. The Morgan fingerprint density at radius 3 is 2.55 bits per heavy atom. The fourth-order valence-electron chi connectivity index (χ4n) is 3.36. The van der Waals surface area contributed by atoms with E-state index in [0.717, 1.165) is 52.5 Å². The maximum Gasteiger partial charge on any atom is 0.0594 e. The SMILES string of the molecule is c1cc(CNCCN2CCCC2)n(CCN2CCOCC2)c1. The van der Waals surface area contributed by atoms with Gasteiger partial charge in [-0.3, -0.25) is 4.90 Å². The van der Waals surface area contributed by atoms with E-state index in [-0.39, 0.29) is 0 Å². The van der Waals surface area contributed by atoms with E-state index in [1.54, 1.807) is 0 Å². The molecule has 2 aliphatic rings. The third-order valence-corrected chi connectivity index (χ3v) is 4.79. The molecule has 3 heterocycles. The Balaban J connectivity index is 1.35. The molecule has 22 heavy (non-hydrogen) atoms. The summed E-state index contributed by atoms with van der Waals surface area (Å²) in [6, 6.07) is 4.40. The highest BCUT2D eigenvalue weighted by Gasteiger charge is 2.11. The van der Waals surface area contributed by atoms with Gasteiger partial charge in [0.15, 0.2) is 0 Å². The van der Waals surface area contributed by atoms with Crippen LogP contribution in [0, 0.1) is 0 Å². The highest BCUT2D eigenvalue weighted by Crippen LogP contribution is 2.06. The molecule has 0 unspecified atom stereocenters. The van der Waals surface area contributed by atoms with Crippen LogP contribution in [-0.4, -0.2) is 73.4 Å². The monoisotopic (exact) mass is 306 g/mol. The second-order valence-corrected chi connectivity index (χ2v) is 6.37. The first-order chi connectivity index (χ1) is 10.9. The summed E-state index contributed by atoms with van der Waals surface area (Å²) in [6.45, 7) is 12.0. The van der Waals surface area contributed by atoms with Crippen LogP contribution in [0.5, 0.6) is 0 Å². The van der Waals surface area contributed by atoms with Crippen LogP contribution in [0.3, 0.4) is 0 Å². The minimum absolute atomic E-state index is 0.886. The molecule has 1 aromatic rings. The predicted octanol–water partition coefficient (Wildman–Crippen LogP) is 1.01. The van der Waals surface area contributed by atoms with E-state index < -0.39 is 0 Å². The number of nitrogens with one attached hydrogen (secondary N) is 1. The Morgan fingerprint density at radius 2 is 1.73 bits per heavy atom. The van der Waals surface area contributed by atoms with Crippen molar-refractivity contribution in [3.05, 3.63) is 24.0 Å². The Bertz CT molecular complexity index is 422. The van der Waals surface area contributed by atoms with Crippen molar-refractivity contribution < 1.29 is 4.74 Å². The van der Waals surface area contributed by atoms with Crippen molar-refractivity contribution in [2.75, 3.05) is 59.0 Å². The number of hydrogen-bond acceptors (Lipinski definition) is 4. The summed E-state index contributed by atoms with van der Waals surface area (Å²) in [5.41, 5.74) is 1.40. The molecule has 0 saturated carbocycles. The zero-order valence-corrected chi connectivity index (χ0v) is 13.7. The molecule has 0 atom stereocenters. The van der Waals surface area contributed by atoms with Crippen LogP contribution in [0.15, 0.2) is 18.3 Å². The van der Waals surface area contributed by atoms with Crippen LogP contribution in [-0.2, 0) is 17.8 Å². The molecule has 3 rings (SSSR count). The molecule has 1 aromatic heterocycles. The Labute approximate surface area is 134 Å². The van der Waals surface area contributed by atoms with Gasteiger partial charge in [-0.1, -0.05) is 0 Å². The van der Waals surface area contributed by atoms with Gasteiger partial charge in [-0.25, -0.2) is 0 Å². The third kappa shape index (κ3) is 4.81. The first-order valence-corrected chi connectivity index (χ1v) is 8.79. The van der Waals surface area contributed by atoms with Crippen LogP contribution in [0.2, 0.25) is 0 Å². The minimum atomic E-state index is 0.886. The maximum absolute atomic E-state index is 5.41. The lowest BCUT2D eigenvalue weighted by Crippen LogP contribution is -2.38. The first-order valence-electron chi connectivity index (χ1n) is 8.79. The van der Waals surface area contributed by atoms with Gasteiger partial charge in [0.1, 0.15) is 0 Å². The van der Waals surface area contributed by atoms with Crippen LogP contribution in [0.25, 0.3) is 0 Å².